The van der Waals surface area contributed by atoms with Crippen molar-refractivity contribution >= 4 is 5.97 Å². The van der Waals surface area contributed by atoms with E-state index in [0.29, 0.717) is 54.6 Å². The zero-order valence-electron chi connectivity index (χ0n) is 20.2. The number of hydrogen-bond donors (Lipinski definition) is 2. The second kappa shape index (κ2) is 11.9. The molecule has 0 atom stereocenters. The lowest BCUT2D eigenvalue weighted by atomic mass is 10.00. The molecule has 0 spiro atoms. The van der Waals surface area contributed by atoms with Crippen LogP contribution in [-0.2, 0) is 6.42 Å². The number of ether oxygens (including phenoxy) is 3. The average molecular weight is 502 g/mol. The number of carboxylic acids is 1. The van der Waals surface area contributed by atoms with Gasteiger partial charge < -0.3 is 24.4 Å². The number of carboxylic acid groups (broad SMARTS) is 1. The van der Waals surface area contributed by atoms with Gasteiger partial charge in [0.2, 0.25) is 0 Å². The summed E-state index contributed by atoms with van der Waals surface area (Å²) in [5.41, 5.74) is 2.48. The van der Waals surface area contributed by atoms with E-state index in [1.165, 1.54) is 24.3 Å². The molecule has 2 N–H and O–H groups in total. The summed E-state index contributed by atoms with van der Waals surface area (Å²) < 4.78 is 30.7. The van der Waals surface area contributed by atoms with E-state index in [2.05, 4.69) is 6.07 Å². The van der Waals surface area contributed by atoms with Crippen LogP contribution >= 0.6 is 0 Å². The highest BCUT2D eigenvalue weighted by Crippen LogP contribution is 2.36. The molecule has 0 aliphatic rings. The van der Waals surface area contributed by atoms with E-state index in [9.17, 15) is 14.3 Å². The number of halogens is 1. The predicted octanol–water partition coefficient (Wildman–Crippen LogP) is 6.90. The van der Waals surface area contributed by atoms with Crippen LogP contribution in [0.4, 0.5) is 4.39 Å². The molecule has 0 aromatic heterocycles. The van der Waals surface area contributed by atoms with E-state index in [0.717, 1.165) is 11.1 Å². The van der Waals surface area contributed by atoms with Crippen LogP contribution < -0.4 is 14.2 Å². The zero-order valence-corrected chi connectivity index (χ0v) is 20.2. The summed E-state index contributed by atoms with van der Waals surface area (Å²) in [7, 11) is 0. The summed E-state index contributed by atoms with van der Waals surface area (Å²) in [6.07, 6.45) is 1.31. The van der Waals surface area contributed by atoms with Crippen molar-refractivity contribution in [2.24, 2.45) is 0 Å². The Kier molecular flexibility index (Phi) is 8.26. The van der Waals surface area contributed by atoms with Gasteiger partial charge in [0.1, 0.15) is 34.6 Å². The number of hydrogen-bond acceptors (Lipinski definition) is 5. The van der Waals surface area contributed by atoms with Crippen molar-refractivity contribution < 1.29 is 33.6 Å². The molecule has 0 aliphatic carbocycles. The SMILES string of the molecule is CCc1cc(-c2ccc(F)cc2)c(O)cc1OCCCOc1[c]ccc(Oc2ccc(C(=O)O)cc2)c1. The summed E-state index contributed by atoms with van der Waals surface area (Å²) in [5, 5.41) is 19.5. The van der Waals surface area contributed by atoms with Crippen LogP contribution in [0.2, 0.25) is 0 Å². The Hall–Kier alpha value is -4.52. The molecule has 6 nitrogen and oxygen atoms in total. The Morgan fingerprint density at radius 2 is 1.65 bits per heavy atom. The molecule has 4 aromatic carbocycles. The lowest BCUT2D eigenvalue weighted by Gasteiger charge is -2.14. The first kappa shape index (κ1) is 25.6. The maximum atomic E-state index is 13.2. The van der Waals surface area contributed by atoms with Gasteiger partial charge in [0.05, 0.1) is 18.8 Å². The lowest BCUT2D eigenvalue weighted by Crippen LogP contribution is -2.06. The molecule has 189 valence electrons. The van der Waals surface area contributed by atoms with Gasteiger partial charge in [-0.1, -0.05) is 19.1 Å². The van der Waals surface area contributed by atoms with Crippen molar-refractivity contribution in [3.8, 4) is 39.9 Å². The minimum absolute atomic E-state index is 0.0686. The zero-order chi connectivity index (χ0) is 26.2. The third-order valence-corrected chi connectivity index (χ3v) is 5.60. The Morgan fingerprint density at radius 3 is 2.35 bits per heavy atom. The molecule has 0 saturated heterocycles. The van der Waals surface area contributed by atoms with E-state index in [-0.39, 0.29) is 17.1 Å². The molecule has 0 saturated carbocycles. The minimum Gasteiger partial charge on any atom is -0.507 e. The lowest BCUT2D eigenvalue weighted by molar-refractivity contribution is 0.0697. The number of rotatable bonds is 11. The summed E-state index contributed by atoms with van der Waals surface area (Å²) in [6, 6.07) is 23.7. The van der Waals surface area contributed by atoms with Gasteiger partial charge in [-0.2, -0.15) is 0 Å². The maximum Gasteiger partial charge on any atom is 0.335 e. The molecular weight excluding hydrogens is 475 g/mol. The molecule has 37 heavy (non-hydrogen) atoms. The number of carbonyl (C=O) groups is 1. The van der Waals surface area contributed by atoms with E-state index in [1.807, 2.05) is 13.0 Å². The number of benzene rings is 4. The molecule has 0 fully saturated rings. The van der Waals surface area contributed by atoms with Gasteiger partial charge in [-0.15, -0.1) is 0 Å². The minimum atomic E-state index is -0.995. The van der Waals surface area contributed by atoms with E-state index < -0.39 is 5.97 Å². The van der Waals surface area contributed by atoms with Crippen LogP contribution in [0.3, 0.4) is 0 Å². The third-order valence-electron chi connectivity index (χ3n) is 5.60. The molecular formula is C30H26FO6. The van der Waals surface area contributed by atoms with Crippen molar-refractivity contribution in [3.05, 3.63) is 102 Å². The number of aromatic hydroxyl groups is 1. The number of aromatic carboxylic acids is 1. The number of phenols is 1. The molecule has 4 rings (SSSR count). The van der Waals surface area contributed by atoms with Gasteiger partial charge in [0.15, 0.2) is 0 Å². The normalized spacial score (nSPS) is 10.6. The largest absolute Gasteiger partial charge is 0.507 e. The van der Waals surface area contributed by atoms with Crippen molar-refractivity contribution in [1.29, 1.82) is 0 Å². The quantitative estimate of drug-likeness (QED) is 0.218. The summed E-state index contributed by atoms with van der Waals surface area (Å²) in [5.74, 6) is 0.903. The highest BCUT2D eigenvalue weighted by atomic mass is 19.1. The fraction of sp³-hybridized carbons (Fsp3) is 0.167. The first-order chi connectivity index (χ1) is 17.9. The van der Waals surface area contributed by atoms with Gasteiger partial charge in [0, 0.05) is 30.2 Å². The van der Waals surface area contributed by atoms with Crippen LogP contribution in [0.25, 0.3) is 11.1 Å². The van der Waals surface area contributed by atoms with E-state index >= 15 is 0 Å². The van der Waals surface area contributed by atoms with Gasteiger partial charge in [-0.3, -0.25) is 0 Å². The average Bonchev–Trinajstić information content (AvgIpc) is 2.90. The number of aryl methyl sites for hydroxylation is 1. The summed E-state index contributed by atoms with van der Waals surface area (Å²) in [4.78, 5) is 11.0. The van der Waals surface area contributed by atoms with Crippen LogP contribution in [0.1, 0.15) is 29.3 Å². The Bertz CT molecular complexity index is 1350. The monoisotopic (exact) mass is 501 g/mol. The Balaban J connectivity index is 1.29. The van der Waals surface area contributed by atoms with Gasteiger partial charge in [0.25, 0.3) is 0 Å². The summed E-state index contributed by atoms with van der Waals surface area (Å²) in [6.45, 7) is 2.77. The number of phenolic OH excluding ortho intramolecular Hbond substituents is 1. The smallest absolute Gasteiger partial charge is 0.335 e. The topological polar surface area (TPSA) is 85.2 Å². The maximum absolute atomic E-state index is 13.2. The van der Waals surface area contributed by atoms with Crippen molar-refractivity contribution in [2.45, 2.75) is 19.8 Å². The Morgan fingerprint density at radius 1 is 0.919 bits per heavy atom. The molecule has 0 bridgehead atoms. The molecule has 4 aromatic rings. The fourth-order valence-electron chi connectivity index (χ4n) is 3.68. The third kappa shape index (κ3) is 6.79. The van der Waals surface area contributed by atoms with Gasteiger partial charge in [-0.05, 0) is 72.1 Å². The summed E-state index contributed by atoms with van der Waals surface area (Å²) >= 11 is 0. The van der Waals surface area contributed by atoms with Crippen LogP contribution in [0.15, 0.2) is 78.9 Å². The van der Waals surface area contributed by atoms with Crippen molar-refractivity contribution in [3.63, 3.8) is 0 Å². The van der Waals surface area contributed by atoms with Crippen LogP contribution in [-0.4, -0.2) is 29.4 Å². The van der Waals surface area contributed by atoms with Crippen molar-refractivity contribution in [2.75, 3.05) is 13.2 Å². The Labute approximate surface area is 214 Å². The molecule has 1 radical (unpaired) electrons. The van der Waals surface area contributed by atoms with Gasteiger partial charge in [-0.25, -0.2) is 9.18 Å². The predicted molar refractivity (Wildman–Crippen MR) is 137 cm³/mol. The highest BCUT2D eigenvalue weighted by Gasteiger charge is 2.12. The van der Waals surface area contributed by atoms with Crippen molar-refractivity contribution in [1.82, 2.24) is 0 Å². The van der Waals surface area contributed by atoms with E-state index in [4.69, 9.17) is 19.3 Å². The van der Waals surface area contributed by atoms with Gasteiger partial charge >= 0.3 is 5.97 Å². The second-order valence-corrected chi connectivity index (χ2v) is 8.21. The molecule has 0 aliphatic heterocycles. The standard InChI is InChI=1S/C30H26FO6/c1-2-20-17-27(21-7-11-23(31)12-8-21)28(32)19-29(20)36-16-4-15-35-25-5-3-6-26(18-25)37-24-13-9-22(10-14-24)30(33)34/h3,6-14,17-19,32H,2,4,15-16H2,1H3,(H,33,34). The molecule has 7 heteroatoms. The van der Waals surface area contributed by atoms with Crippen LogP contribution in [0, 0.1) is 11.9 Å². The first-order valence-corrected chi connectivity index (χ1v) is 11.8. The van der Waals surface area contributed by atoms with Crippen LogP contribution in [0.5, 0.6) is 28.7 Å². The molecule has 0 amide bonds. The molecule has 0 heterocycles. The molecule has 0 unspecified atom stereocenters. The fourth-order valence-corrected chi connectivity index (χ4v) is 3.68. The van der Waals surface area contributed by atoms with E-state index in [1.54, 1.807) is 48.5 Å². The highest BCUT2D eigenvalue weighted by molar-refractivity contribution is 5.87. The first-order valence-electron chi connectivity index (χ1n) is 11.8. The second-order valence-electron chi connectivity index (χ2n) is 8.21.